The third kappa shape index (κ3) is 3.68. The maximum atomic E-state index is 6.07. The summed E-state index contributed by atoms with van der Waals surface area (Å²) >= 11 is 1.95. The Labute approximate surface area is 125 Å². The minimum absolute atomic E-state index is 0.0142. The molecule has 0 aliphatic heterocycles. The molecule has 0 fully saturated rings. The number of benzene rings is 2. The van der Waals surface area contributed by atoms with E-state index < -0.39 is 0 Å². The molecule has 0 aliphatic rings. The van der Waals surface area contributed by atoms with Crippen molar-refractivity contribution < 1.29 is 4.74 Å². The lowest BCUT2D eigenvalue weighted by molar-refractivity contribution is 0.318. The molecule has 2 rings (SSSR count). The van der Waals surface area contributed by atoms with E-state index in [1.54, 1.807) is 0 Å². The first-order valence-corrected chi connectivity index (χ1v) is 8.37. The molecule has 0 unspecified atom stereocenters. The number of hydrogen-bond donors (Lipinski definition) is 1. The Morgan fingerprint density at radius 1 is 1.20 bits per heavy atom. The highest BCUT2D eigenvalue weighted by Gasteiger charge is 2.11. The lowest BCUT2D eigenvalue weighted by Gasteiger charge is -2.16. The van der Waals surface area contributed by atoms with Crippen LogP contribution in [0, 0.1) is 0 Å². The summed E-state index contributed by atoms with van der Waals surface area (Å²) in [5.41, 5.74) is 7.16. The largest absolute Gasteiger partial charge is 0.493 e. The summed E-state index contributed by atoms with van der Waals surface area (Å²) in [6.07, 6.45) is 1.07. The van der Waals surface area contributed by atoms with E-state index in [0.717, 1.165) is 35.5 Å². The van der Waals surface area contributed by atoms with Crippen molar-refractivity contribution in [1.29, 1.82) is 0 Å². The van der Waals surface area contributed by atoms with Gasteiger partial charge in [-0.25, -0.2) is 0 Å². The zero-order chi connectivity index (χ0) is 14.4. The molecule has 0 saturated heterocycles. The van der Waals surface area contributed by atoms with Crippen LogP contribution in [0.15, 0.2) is 36.4 Å². The molecule has 0 bridgehead atoms. The first kappa shape index (κ1) is 15.2. The van der Waals surface area contributed by atoms with Gasteiger partial charge in [-0.2, -0.15) is 11.8 Å². The second-order valence-electron chi connectivity index (χ2n) is 4.89. The van der Waals surface area contributed by atoms with E-state index in [1.165, 1.54) is 11.1 Å². The van der Waals surface area contributed by atoms with Gasteiger partial charge in [-0.3, -0.25) is 0 Å². The van der Waals surface area contributed by atoms with E-state index in [1.807, 2.05) is 24.8 Å². The Morgan fingerprint density at radius 2 is 2.00 bits per heavy atom. The van der Waals surface area contributed by atoms with Crippen LogP contribution in [0.1, 0.15) is 31.9 Å². The maximum Gasteiger partial charge on any atom is 0.131 e. The van der Waals surface area contributed by atoms with Crippen molar-refractivity contribution >= 4 is 22.5 Å². The third-order valence-electron chi connectivity index (χ3n) is 3.28. The van der Waals surface area contributed by atoms with Crippen molar-refractivity contribution in [2.45, 2.75) is 26.3 Å². The van der Waals surface area contributed by atoms with Crippen molar-refractivity contribution in [3.05, 3.63) is 42.0 Å². The molecule has 1 atom stereocenters. The van der Waals surface area contributed by atoms with Crippen LogP contribution in [0.25, 0.3) is 10.8 Å². The van der Waals surface area contributed by atoms with Gasteiger partial charge in [0.25, 0.3) is 0 Å². The van der Waals surface area contributed by atoms with Crippen molar-refractivity contribution in [2.75, 3.05) is 18.1 Å². The molecule has 108 valence electrons. The van der Waals surface area contributed by atoms with Crippen LogP contribution in [0.5, 0.6) is 5.75 Å². The van der Waals surface area contributed by atoms with E-state index in [9.17, 15) is 0 Å². The highest BCUT2D eigenvalue weighted by Crippen LogP contribution is 2.33. The summed E-state index contributed by atoms with van der Waals surface area (Å²) in [7, 11) is 0. The minimum Gasteiger partial charge on any atom is -0.493 e. The van der Waals surface area contributed by atoms with Gasteiger partial charge in [0.15, 0.2) is 0 Å². The summed E-state index contributed by atoms with van der Waals surface area (Å²) in [6.45, 7) is 4.94. The summed E-state index contributed by atoms with van der Waals surface area (Å²) < 4.78 is 6.06. The molecule has 2 N–H and O–H groups in total. The van der Waals surface area contributed by atoms with Gasteiger partial charge in [0, 0.05) is 17.0 Å². The molecular weight excluding hydrogens is 266 g/mol. The van der Waals surface area contributed by atoms with Gasteiger partial charge in [0.2, 0.25) is 0 Å². The number of rotatable bonds is 7. The quantitative estimate of drug-likeness (QED) is 0.768. The number of fused-ring (bicyclic) bond motifs is 1. The molecule has 2 aromatic rings. The van der Waals surface area contributed by atoms with Gasteiger partial charge < -0.3 is 10.5 Å². The monoisotopic (exact) mass is 289 g/mol. The SMILES string of the molecule is CCSCCCOc1c([C@H](C)N)ccc2ccccc12. The normalized spacial score (nSPS) is 12.6. The predicted molar refractivity (Wildman–Crippen MR) is 89.7 cm³/mol. The summed E-state index contributed by atoms with van der Waals surface area (Å²) in [4.78, 5) is 0. The van der Waals surface area contributed by atoms with Crippen molar-refractivity contribution in [2.24, 2.45) is 5.73 Å². The van der Waals surface area contributed by atoms with Crippen LogP contribution >= 0.6 is 11.8 Å². The molecule has 3 heteroatoms. The lowest BCUT2D eigenvalue weighted by Crippen LogP contribution is -2.09. The van der Waals surface area contributed by atoms with Crippen molar-refractivity contribution in [1.82, 2.24) is 0 Å². The topological polar surface area (TPSA) is 35.2 Å². The fourth-order valence-electron chi connectivity index (χ4n) is 2.26. The molecule has 2 nitrogen and oxygen atoms in total. The van der Waals surface area contributed by atoms with Crippen LogP contribution < -0.4 is 10.5 Å². The van der Waals surface area contributed by atoms with Crippen LogP contribution in [0.2, 0.25) is 0 Å². The van der Waals surface area contributed by atoms with E-state index in [2.05, 4.69) is 37.3 Å². The maximum absolute atomic E-state index is 6.07. The van der Waals surface area contributed by atoms with Crippen molar-refractivity contribution in [3.8, 4) is 5.75 Å². The molecule has 0 spiro atoms. The van der Waals surface area contributed by atoms with Gasteiger partial charge in [-0.05, 0) is 30.2 Å². The average Bonchev–Trinajstić information content (AvgIpc) is 2.46. The Kier molecular flexibility index (Phi) is 5.74. The second-order valence-corrected chi connectivity index (χ2v) is 6.29. The minimum atomic E-state index is -0.0142. The molecule has 0 radical (unpaired) electrons. The molecule has 0 heterocycles. The number of nitrogens with two attached hydrogens (primary N) is 1. The number of hydrogen-bond acceptors (Lipinski definition) is 3. The second kappa shape index (κ2) is 7.55. The molecule has 0 saturated carbocycles. The van der Waals surface area contributed by atoms with E-state index in [-0.39, 0.29) is 6.04 Å². The van der Waals surface area contributed by atoms with Gasteiger partial charge in [0.1, 0.15) is 5.75 Å². The average molecular weight is 289 g/mol. The predicted octanol–water partition coefficient (Wildman–Crippen LogP) is 4.38. The Morgan fingerprint density at radius 3 is 2.75 bits per heavy atom. The number of thioether (sulfide) groups is 1. The fourth-order valence-corrected chi connectivity index (χ4v) is 2.87. The van der Waals surface area contributed by atoms with Crippen LogP contribution in [0.4, 0.5) is 0 Å². The molecule has 0 aromatic heterocycles. The van der Waals surface area contributed by atoms with Crippen LogP contribution in [0.3, 0.4) is 0 Å². The first-order chi connectivity index (χ1) is 9.74. The molecule has 0 amide bonds. The standard InChI is InChI=1S/C17H23NOS/c1-3-20-12-6-11-19-17-15(13(2)18)10-9-14-7-4-5-8-16(14)17/h4-5,7-10,13H,3,6,11-12,18H2,1-2H3/t13-/m0/s1. The van der Waals surface area contributed by atoms with Gasteiger partial charge in [0.05, 0.1) is 6.61 Å². The van der Waals surface area contributed by atoms with Crippen molar-refractivity contribution in [3.63, 3.8) is 0 Å². The van der Waals surface area contributed by atoms with E-state index in [4.69, 9.17) is 10.5 Å². The highest BCUT2D eigenvalue weighted by molar-refractivity contribution is 7.99. The van der Waals surface area contributed by atoms with Crippen LogP contribution in [-0.4, -0.2) is 18.1 Å². The lowest BCUT2D eigenvalue weighted by atomic mass is 10.0. The summed E-state index contributed by atoms with van der Waals surface area (Å²) in [5.74, 6) is 3.27. The van der Waals surface area contributed by atoms with Gasteiger partial charge in [-0.15, -0.1) is 0 Å². The molecule has 2 aromatic carbocycles. The molecular formula is C17H23NOS. The van der Waals surface area contributed by atoms with Crippen LogP contribution in [-0.2, 0) is 0 Å². The highest BCUT2D eigenvalue weighted by atomic mass is 32.2. The van der Waals surface area contributed by atoms with E-state index in [0.29, 0.717) is 0 Å². The Bertz CT molecular complexity index is 554. The summed E-state index contributed by atoms with van der Waals surface area (Å²) in [6, 6.07) is 12.5. The zero-order valence-corrected chi connectivity index (χ0v) is 13.1. The fraction of sp³-hybridized carbons (Fsp3) is 0.412. The van der Waals surface area contributed by atoms with E-state index >= 15 is 0 Å². The number of ether oxygens (including phenoxy) is 1. The Hall–Kier alpha value is -1.19. The third-order valence-corrected chi connectivity index (χ3v) is 4.27. The molecule has 20 heavy (non-hydrogen) atoms. The molecule has 0 aliphatic carbocycles. The Balaban J connectivity index is 2.21. The first-order valence-electron chi connectivity index (χ1n) is 7.21. The smallest absolute Gasteiger partial charge is 0.131 e. The summed E-state index contributed by atoms with van der Waals surface area (Å²) in [5, 5.41) is 2.36. The van der Waals surface area contributed by atoms with Gasteiger partial charge in [-0.1, -0.05) is 43.3 Å². The van der Waals surface area contributed by atoms with Gasteiger partial charge >= 0.3 is 0 Å². The zero-order valence-electron chi connectivity index (χ0n) is 12.3.